The topological polar surface area (TPSA) is 39.9 Å². The van der Waals surface area contributed by atoms with Gasteiger partial charge in [0.05, 0.1) is 0 Å². The Labute approximate surface area is 71.3 Å². The van der Waals surface area contributed by atoms with E-state index >= 15 is 0 Å². The summed E-state index contributed by atoms with van der Waals surface area (Å²) in [6.07, 6.45) is 1.05. The van der Waals surface area contributed by atoms with E-state index in [-0.39, 0.29) is 0 Å². The van der Waals surface area contributed by atoms with Gasteiger partial charge < -0.3 is 4.90 Å². The van der Waals surface area contributed by atoms with Crippen LogP contribution in [0.5, 0.6) is 0 Å². The van der Waals surface area contributed by atoms with Crippen molar-refractivity contribution in [2.24, 2.45) is 0 Å². The summed E-state index contributed by atoms with van der Waals surface area (Å²) in [6, 6.07) is 5.81. The third-order valence-electron chi connectivity index (χ3n) is 2.15. The van der Waals surface area contributed by atoms with Crippen molar-refractivity contribution in [3.8, 4) is 6.07 Å². The zero-order valence-corrected chi connectivity index (χ0v) is 6.91. The Morgan fingerprint density at radius 1 is 1.58 bits per heavy atom. The van der Waals surface area contributed by atoms with Gasteiger partial charge in [-0.25, -0.2) is 4.98 Å². The van der Waals surface area contributed by atoms with Crippen molar-refractivity contribution in [3.05, 3.63) is 23.4 Å². The molecular formula is C9H9N3. The molecule has 0 bridgehead atoms. The molecule has 0 N–H and O–H groups in total. The largest absolute Gasteiger partial charge is 0.359 e. The molecule has 0 aromatic carbocycles. The van der Waals surface area contributed by atoms with Gasteiger partial charge in [-0.1, -0.05) is 6.07 Å². The van der Waals surface area contributed by atoms with Gasteiger partial charge in [0, 0.05) is 13.6 Å². The zero-order valence-electron chi connectivity index (χ0n) is 6.91. The number of anilines is 1. The summed E-state index contributed by atoms with van der Waals surface area (Å²) in [4.78, 5) is 6.30. The number of aromatic nitrogens is 1. The number of likely N-dealkylation sites (N-methyl/N-ethyl adjacent to an activating group) is 1. The molecule has 2 heterocycles. The monoisotopic (exact) mass is 159 g/mol. The Kier molecular flexibility index (Phi) is 1.47. The van der Waals surface area contributed by atoms with Crippen LogP contribution in [0, 0.1) is 11.3 Å². The average Bonchev–Trinajstić information content (AvgIpc) is 2.47. The first kappa shape index (κ1) is 7.11. The minimum absolute atomic E-state index is 0.502. The number of rotatable bonds is 0. The molecule has 1 aromatic heterocycles. The van der Waals surface area contributed by atoms with Gasteiger partial charge in [-0.3, -0.25) is 0 Å². The Morgan fingerprint density at radius 2 is 2.42 bits per heavy atom. The summed E-state index contributed by atoms with van der Waals surface area (Å²) in [6.45, 7) is 1.01. The Morgan fingerprint density at radius 3 is 3.17 bits per heavy atom. The third kappa shape index (κ3) is 0.928. The molecule has 0 saturated heterocycles. The van der Waals surface area contributed by atoms with Gasteiger partial charge in [-0.05, 0) is 18.1 Å². The van der Waals surface area contributed by atoms with Crippen LogP contribution in [0.3, 0.4) is 0 Å². The van der Waals surface area contributed by atoms with Gasteiger partial charge in [0.1, 0.15) is 17.6 Å². The Balaban J connectivity index is 2.52. The van der Waals surface area contributed by atoms with Crippen molar-refractivity contribution in [1.82, 2.24) is 4.98 Å². The van der Waals surface area contributed by atoms with Crippen molar-refractivity contribution in [3.63, 3.8) is 0 Å². The maximum Gasteiger partial charge on any atom is 0.142 e. The highest BCUT2D eigenvalue weighted by Gasteiger charge is 2.16. The van der Waals surface area contributed by atoms with Crippen LogP contribution < -0.4 is 4.90 Å². The fourth-order valence-electron chi connectivity index (χ4n) is 1.46. The smallest absolute Gasteiger partial charge is 0.142 e. The van der Waals surface area contributed by atoms with Crippen LogP contribution in [0.1, 0.15) is 11.3 Å². The molecule has 0 atom stereocenters. The van der Waals surface area contributed by atoms with E-state index in [0.717, 1.165) is 18.8 Å². The second kappa shape index (κ2) is 2.49. The second-order valence-electron chi connectivity index (χ2n) is 2.96. The maximum atomic E-state index is 8.62. The highest BCUT2D eigenvalue weighted by atomic mass is 15.2. The Bertz CT molecular complexity index is 351. The predicted molar refractivity (Wildman–Crippen MR) is 45.9 cm³/mol. The summed E-state index contributed by atoms with van der Waals surface area (Å²) >= 11 is 0. The highest BCUT2D eigenvalue weighted by molar-refractivity contribution is 5.52. The Hall–Kier alpha value is -1.56. The van der Waals surface area contributed by atoms with E-state index in [0.29, 0.717) is 5.69 Å². The van der Waals surface area contributed by atoms with E-state index in [4.69, 9.17) is 5.26 Å². The van der Waals surface area contributed by atoms with E-state index in [1.54, 1.807) is 6.07 Å². The van der Waals surface area contributed by atoms with Gasteiger partial charge >= 0.3 is 0 Å². The lowest BCUT2D eigenvalue weighted by Gasteiger charge is -2.09. The van der Waals surface area contributed by atoms with Gasteiger partial charge in [0.25, 0.3) is 0 Å². The lowest BCUT2D eigenvalue weighted by molar-refractivity contribution is 0.945. The summed E-state index contributed by atoms with van der Waals surface area (Å²) in [7, 11) is 2.00. The van der Waals surface area contributed by atoms with E-state index in [2.05, 4.69) is 9.88 Å². The minimum atomic E-state index is 0.502. The molecule has 3 heteroatoms. The molecule has 1 aromatic rings. The molecule has 0 fully saturated rings. The van der Waals surface area contributed by atoms with Gasteiger partial charge in [0.2, 0.25) is 0 Å². The lowest BCUT2D eigenvalue weighted by atomic mass is 10.2. The first-order valence-electron chi connectivity index (χ1n) is 3.92. The van der Waals surface area contributed by atoms with E-state index in [1.165, 1.54) is 5.56 Å². The van der Waals surface area contributed by atoms with Crippen LogP contribution in [0.2, 0.25) is 0 Å². The number of nitrogens with zero attached hydrogens (tertiary/aromatic N) is 3. The van der Waals surface area contributed by atoms with Crippen LogP contribution in [0.4, 0.5) is 5.82 Å². The molecule has 0 unspecified atom stereocenters. The highest BCUT2D eigenvalue weighted by Crippen LogP contribution is 2.23. The van der Waals surface area contributed by atoms with E-state index in [1.807, 2.05) is 19.2 Å². The molecule has 12 heavy (non-hydrogen) atoms. The third-order valence-corrected chi connectivity index (χ3v) is 2.15. The van der Waals surface area contributed by atoms with Crippen LogP contribution in [-0.2, 0) is 6.42 Å². The van der Waals surface area contributed by atoms with Crippen LogP contribution in [0.15, 0.2) is 12.1 Å². The molecule has 0 amide bonds. The molecular weight excluding hydrogens is 150 g/mol. The first-order valence-corrected chi connectivity index (χ1v) is 3.92. The van der Waals surface area contributed by atoms with Crippen molar-refractivity contribution in [2.45, 2.75) is 6.42 Å². The molecule has 0 spiro atoms. The van der Waals surface area contributed by atoms with Crippen molar-refractivity contribution in [2.75, 3.05) is 18.5 Å². The quantitative estimate of drug-likeness (QED) is 0.565. The number of fused-ring (bicyclic) bond motifs is 1. The van der Waals surface area contributed by atoms with Crippen LogP contribution in [-0.4, -0.2) is 18.6 Å². The minimum Gasteiger partial charge on any atom is -0.359 e. The maximum absolute atomic E-state index is 8.62. The molecule has 2 rings (SSSR count). The van der Waals surface area contributed by atoms with Crippen molar-refractivity contribution < 1.29 is 0 Å². The van der Waals surface area contributed by atoms with Gasteiger partial charge in [-0.15, -0.1) is 0 Å². The first-order chi connectivity index (χ1) is 5.81. The van der Waals surface area contributed by atoms with Crippen LogP contribution in [0.25, 0.3) is 0 Å². The van der Waals surface area contributed by atoms with Crippen molar-refractivity contribution >= 4 is 5.82 Å². The summed E-state index contributed by atoms with van der Waals surface area (Å²) < 4.78 is 0. The molecule has 3 nitrogen and oxygen atoms in total. The molecule has 1 aliphatic rings. The van der Waals surface area contributed by atoms with E-state index in [9.17, 15) is 0 Å². The SMILES string of the molecule is CN1CCc2ccc(C#N)nc21. The summed E-state index contributed by atoms with van der Waals surface area (Å²) in [5, 5.41) is 8.62. The average molecular weight is 159 g/mol. The normalized spacial score (nSPS) is 14.2. The fraction of sp³-hybridized carbons (Fsp3) is 0.333. The summed E-state index contributed by atoms with van der Waals surface area (Å²) in [5.74, 6) is 0.967. The zero-order chi connectivity index (χ0) is 8.55. The van der Waals surface area contributed by atoms with E-state index < -0.39 is 0 Å². The fourth-order valence-corrected chi connectivity index (χ4v) is 1.46. The molecule has 1 aliphatic heterocycles. The summed E-state index contributed by atoms with van der Waals surface area (Å²) in [5.41, 5.74) is 1.75. The number of nitriles is 1. The lowest BCUT2D eigenvalue weighted by Crippen LogP contribution is -2.13. The standard InChI is InChI=1S/C9H9N3/c1-12-5-4-7-2-3-8(6-10)11-9(7)12/h2-3H,4-5H2,1H3. The number of hydrogen-bond donors (Lipinski definition) is 0. The number of pyridine rings is 1. The molecule has 60 valence electrons. The van der Waals surface area contributed by atoms with Crippen molar-refractivity contribution in [1.29, 1.82) is 5.26 Å². The molecule has 0 radical (unpaired) electrons. The number of hydrogen-bond acceptors (Lipinski definition) is 3. The second-order valence-corrected chi connectivity index (χ2v) is 2.96. The van der Waals surface area contributed by atoms with Gasteiger partial charge in [0.15, 0.2) is 0 Å². The predicted octanol–water partition coefficient (Wildman–Crippen LogP) is 0.946. The molecule has 0 aliphatic carbocycles. The molecule has 0 saturated carbocycles. The van der Waals surface area contributed by atoms with Gasteiger partial charge in [-0.2, -0.15) is 5.26 Å². The van der Waals surface area contributed by atoms with Crippen LogP contribution >= 0.6 is 0 Å².